The quantitative estimate of drug-likeness (QED) is 0.346. The van der Waals surface area contributed by atoms with E-state index in [1.807, 2.05) is 0 Å². The second kappa shape index (κ2) is 8.02. The van der Waals surface area contributed by atoms with Crippen molar-refractivity contribution in [2.75, 3.05) is 14.2 Å². The molecule has 0 aliphatic carbocycles. The fourth-order valence-electron chi connectivity index (χ4n) is 1.53. The smallest absolute Gasteiger partial charge is 0.417 e. The molecule has 0 bridgehead atoms. The van der Waals surface area contributed by atoms with E-state index in [9.17, 15) is 18.0 Å². The Bertz CT molecular complexity index is 532. The van der Waals surface area contributed by atoms with Crippen LogP contribution >= 0.6 is 11.8 Å². The van der Waals surface area contributed by atoms with Crippen LogP contribution in [0, 0.1) is 0 Å². The molecule has 0 amide bonds. The van der Waals surface area contributed by atoms with Gasteiger partial charge in [-0.25, -0.2) is 9.78 Å². The van der Waals surface area contributed by atoms with Gasteiger partial charge in [0.2, 0.25) is 0 Å². The van der Waals surface area contributed by atoms with Crippen molar-refractivity contribution in [2.24, 2.45) is 5.16 Å². The van der Waals surface area contributed by atoms with Crippen LogP contribution in [0.5, 0.6) is 0 Å². The van der Waals surface area contributed by atoms with Crippen LogP contribution in [0.15, 0.2) is 28.5 Å². The molecule has 0 spiro atoms. The van der Waals surface area contributed by atoms with Gasteiger partial charge in [0.1, 0.15) is 7.11 Å². The van der Waals surface area contributed by atoms with Gasteiger partial charge in [-0.15, -0.1) is 0 Å². The zero-order chi connectivity index (χ0) is 16.8. The summed E-state index contributed by atoms with van der Waals surface area (Å²) >= 11 is 1.11. The molecule has 1 aromatic heterocycles. The first-order valence-corrected chi connectivity index (χ1v) is 7.10. The van der Waals surface area contributed by atoms with Crippen LogP contribution in [0.3, 0.4) is 0 Å². The number of thioether (sulfide) groups is 1. The molecule has 1 atom stereocenters. The van der Waals surface area contributed by atoms with E-state index in [0.29, 0.717) is 11.4 Å². The molecule has 122 valence electrons. The minimum Gasteiger partial charge on any atom is -0.464 e. The number of pyridine rings is 1. The molecule has 1 heterocycles. The summed E-state index contributed by atoms with van der Waals surface area (Å²) in [4.78, 5) is 20.0. The van der Waals surface area contributed by atoms with Crippen LogP contribution in [0.4, 0.5) is 13.2 Å². The molecular weight excluding hydrogens is 321 g/mol. The van der Waals surface area contributed by atoms with E-state index in [4.69, 9.17) is 0 Å². The van der Waals surface area contributed by atoms with E-state index in [1.54, 1.807) is 6.92 Å². The summed E-state index contributed by atoms with van der Waals surface area (Å²) in [7, 11) is 2.50. The summed E-state index contributed by atoms with van der Waals surface area (Å²) in [6.45, 7) is 1.80. The van der Waals surface area contributed by atoms with Gasteiger partial charge >= 0.3 is 12.1 Å². The van der Waals surface area contributed by atoms with Crippen LogP contribution in [0.2, 0.25) is 0 Å². The number of methoxy groups -OCH3 is 1. The maximum Gasteiger partial charge on any atom is 0.417 e. The minimum absolute atomic E-state index is 0.0409. The normalized spacial score (nSPS) is 13.6. The van der Waals surface area contributed by atoms with Crippen molar-refractivity contribution in [3.8, 4) is 0 Å². The number of carbonyl (C=O) groups is 1. The van der Waals surface area contributed by atoms with Crippen LogP contribution in [-0.4, -0.2) is 36.1 Å². The molecule has 0 N–H and O–H groups in total. The Labute approximate surface area is 129 Å². The number of alkyl halides is 3. The predicted molar refractivity (Wildman–Crippen MR) is 75.6 cm³/mol. The zero-order valence-electron chi connectivity index (χ0n) is 12.2. The van der Waals surface area contributed by atoms with Crippen molar-refractivity contribution in [2.45, 2.75) is 29.8 Å². The molecule has 0 aliphatic rings. The van der Waals surface area contributed by atoms with E-state index >= 15 is 0 Å². The molecule has 0 aliphatic heterocycles. The fourth-order valence-corrected chi connectivity index (χ4v) is 2.50. The van der Waals surface area contributed by atoms with Gasteiger partial charge in [-0.3, -0.25) is 0 Å². The van der Waals surface area contributed by atoms with Gasteiger partial charge in [-0.2, -0.15) is 13.2 Å². The van der Waals surface area contributed by atoms with E-state index in [0.717, 1.165) is 24.0 Å². The fraction of sp³-hybridized carbons (Fsp3) is 0.462. The Morgan fingerprint density at radius 1 is 1.41 bits per heavy atom. The topological polar surface area (TPSA) is 60.8 Å². The van der Waals surface area contributed by atoms with E-state index in [-0.39, 0.29) is 5.71 Å². The Morgan fingerprint density at radius 3 is 2.50 bits per heavy atom. The summed E-state index contributed by atoms with van der Waals surface area (Å²) in [5, 5.41) is 3.53. The third kappa shape index (κ3) is 4.90. The maximum atomic E-state index is 12.5. The Morgan fingerprint density at radius 2 is 2.09 bits per heavy atom. The first-order chi connectivity index (χ1) is 10.3. The van der Waals surface area contributed by atoms with Crippen LogP contribution < -0.4 is 0 Å². The second-order valence-corrected chi connectivity index (χ2v) is 5.27. The highest BCUT2D eigenvalue weighted by atomic mass is 32.2. The van der Waals surface area contributed by atoms with Crippen molar-refractivity contribution in [1.82, 2.24) is 4.98 Å². The molecule has 22 heavy (non-hydrogen) atoms. The van der Waals surface area contributed by atoms with Crippen molar-refractivity contribution in [3.63, 3.8) is 0 Å². The average molecular weight is 336 g/mol. The largest absolute Gasteiger partial charge is 0.464 e. The van der Waals surface area contributed by atoms with Crippen LogP contribution in [-0.2, 0) is 20.5 Å². The monoisotopic (exact) mass is 336 g/mol. The number of halogens is 3. The number of aromatic nitrogens is 1. The van der Waals surface area contributed by atoms with Gasteiger partial charge in [-0.05, 0) is 18.6 Å². The number of esters is 1. The Hall–Kier alpha value is -1.77. The van der Waals surface area contributed by atoms with Crippen molar-refractivity contribution in [3.05, 3.63) is 23.9 Å². The molecule has 9 heteroatoms. The van der Waals surface area contributed by atoms with Gasteiger partial charge in [-0.1, -0.05) is 23.8 Å². The molecule has 0 saturated heterocycles. The van der Waals surface area contributed by atoms with Gasteiger partial charge in [0.05, 0.1) is 22.9 Å². The van der Waals surface area contributed by atoms with E-state index in [2.05, 4.69) is 19.7 Å². The number of hydrogen-bond acceptors (Lipinski definition) is 6. The first kappa shape index (κ1) is 18.3. The van der Waals surface area contributed by atoms with Crippen LogP contribution in [0.25, 0.3) is 0 Å². The molecule has 1 aromatic rings. The number of ether oxygens (including phenoxy) is 1. The Kier molecular flexibility index (Phi) is 6.66. The number of rotatable bonds is 6. The second-order valence-electron chi connectivity index (χ2n) is 4.05. The molecule has 0 saturated carbocycles. The number of carbonyl (C=O) groups excluding carboxylic acids is 1. The van der Waals surface area contributed by atoms with Crippen molar-refractivity contribution in [1.29, 1.82) is 0 Å². The lowest BCUT2D eigenvalue weighted by Gasteiger charge is -2.14. The highest BCUT2D eigenvalue weighted by molar-refractivity contribution is 8.00. The number of oxime groups is 1. The SMILES string of the molecule is CCC(Sc1ccc(C(F)(F)F)cn1)C(=NOC)C(=O)OC. The lowest BCUT2D eigenvalue weighted by Crippen LogP contribution is -2.27. The summed E-state index contributed by atoms with van der Waals surface area (Å²) in [6, 6.07) is 2.19. The first-order valence-electron chi connectivity index (χ1n) is 6.22. The van der Waals surface area contributed by atoms with Gasteiger partial charge in [0, 0.05) is 6.20 Å². The molecule has 5 nitrogen and oxygen atoms in total. The zero-order valence-corrected chi connectivity index (χ0v) is 13.0. The number of nitrogens with zero attached hydrogens (tertiary/aromatic N) is 2. The highest BCUT2D eigenvalue weighted by Gasteiger charge is 2.31. The van der Waals surface area contributed by atoms with Gasteiger partial charge < -0.3 is 9.57 Å². The van der Waals surface area contributed by atoms with Crippen molar-refractivity contribution < 1.29 is 27.5 Å². The molecule has 0 radical (unpaired) electrons. The summed E-state index contributed by atoms with van der Waals surface area (Å²) in [6.07, 6.45) is -3.19. The number of hydrogen-bond donors (Lipinski definition) is 0. The summed E-state index contributed by atoms with van der Waals surface area (Å²) in [5.41, 5.74) is -0.789. The molecule has 0 fully saturated rings. The molecule has 0 aromatic carbocycles. The summed E-state index contributed by atoms with van der Waals surface area (Å²) < 4.78 is 42.1. The molecular formula is C13H15F3N2O3S. The highest BCUT2D eigenvalue weighted by Crippen LogP contribution is 2.31. The molecule has 1 rings (SSSR count). The lowest BCUT2D eigenvalue weighted by atomic mass is 10.2. The minimum atomic E-state index is -4.44. The summed E-state index contributed by atoms with van der Waals surface area (Å²) in [5.74, 6) is -0.659. The third-order valence-corrected chi connectivity index (χ3v) is 3.91. The van der Waals surface area contributed by atoms with Gasteiger partial charge in [0.15, 0.2) is 5.71 Å². The molecule has 1 unspecified atom stereocenters. The van der Waals surface area contributed by atoms with Gasteiger partial charge in [0.25, 0.3) is 0 Å². The standard InChI is InChI=1S/C13H15F3N2O3S/c1-4-9(11(18-21-3)12(19)20-2)22-10-6-5-8(7-17-10)13(14,15)16/h5-7,9H,4H2,1-3H3. The van der Waals surface area contributed by atoms with E-state index in [1.165, 1.54) is 20.3 Å². The lowest BCUT2D eigenvalue weighted by molar-refractivity contribution is -0.138. The Balaban J connectivity index is 2.94. The third-order valence-electron chi connectivity index (χ3n) is 2.59. The van der Waals surface area contributed by atoms with Crippen LogP contribution in [0.1, 0.15) is 18.9 Å². The van der Waals surface area contributed by atoms with Crippen molar-refractivity contribution >= 4 is 23.4 Å². The maximum absolute atomic E-state index is 12.5. The van der Waals surface area contributed by atoms with E-state index < -0.39 is 23.0 Å². The average Bonchev–Trinajstić information content (AvgIpc) is 2.49. The predicted octanol–water partition coefficient (Wildman–Crippen LogP) is 3.15.